The third-order valence-corrected chi connectivity index (χ3v) is 4.05. The number of amides is 1. The highest BCUT2D eigenvalue weighted by Gasteiger charge is 2.33. The Morgan fingerprint density at radius 3 is 2.36 bits per heavy atom. The quantitative estimate of drug-likeness (QED) is 0.849. The second kappa shape index (κ2) is 7.17. The number of hydrogen-bond acceptors (Lipinski definition) is 3. The summed E-state index contributed by atoms with van der Waals surface area (Å²) in [6.07, 6.45) is 4.38. The molecule has 116 valence electrons. The lowest BCUT2D eigenvalue weighted by molar-refractivity contribution is -0.122. The molecule has 22 heavy (non-hydrogen) atoms. The fraction of sp³-hybridized carbons (Fsp3) is 0.471. The molecule has 0 aromatic heterocycles. The van der Waals surface area contributed by atoms with Crippen LogP contribution in [-0.2, 0) is 4.79 Å². The van der Waals surface area contributed by atoms with Gasteiger partial charge in [0.2, 0.25) is 5.91 Å². The van der Waals surface area contributed by atoms with E-state index in [0.717, 1.165) is 19.3 Å². The van der Waals surface area contributed by atoms with Gasteiger partial charge in [-0.25, -0.2) is 4.39 Å². The van der Waals surface area contributed by atoms with E-state index >= 15 is 0 Å². The number of rotatable bonds is 5. The van der Waals surface area contributed by atoms with Crippen LogP contribution in [0.3, 0.4) is 0 Å². The molecule has 0 aliphatic heterocycles. The van der Waals surface area contributed by atoms with Crippen molar-refractivity contribution in [1.82, 2.24) is 5.32 Å². The number of nitriles is 1. The van der Waals surface area contributed by atoms with Crippen molar-refractivity contribution in [2.45, 2.75) is 50.5 Å². The van der Waals surface area contributed by atoms with E-state index in [-0.39, 0.29) is 24.5 Å². The van der Waals surface area contributed by atoms with Crippen LogP contribution >= 0.6 is 0 Å². The molecule has 0 atom stereocenters. The van der Waals surface area contributed by atoms with Gasteiger partial charge in [0.1, 0.15) is 11.4 Å². The lowest BCUT2D eigenvalue weighted by atomic mass is 9.82. The average Bonchev–Trinajstić information content (AvgIpc) is 2.54. The number of nitrogens with one attached hydrogen (secondary N) is 1. The van der Waals surface area contributed by atoms with Crippen molar-refractivity contribution in [2.24, 2.45) is 0 Å². The number of ketones is 1. The van der Waals surface area contributed by atoms with Crippen LogP contribution in [0, 0.1) is 17.1 Å². The van der Waals surface area contributed by atoms with Crippen LogP contribution in [-0.4, -0.2) is 17.2 Å². The van der Waals surface area contributed by atoms with Crippen LogP contribution in [0.2, 0.25) is 0 Å². The van der Waals surface area contributed by atoms with E-state index in [1.165, 1.54) is 24.3 Å². The highest BCUT2D eigenvalue weighted by molar-refractivity contribution is 5.98. The molecule has 1 fully saturated rings. The SMILES string of the molecule is N#CC1(NC(=O)CCC(=O)c2ccc(F)cc2)CCCCC1. The topological polar surface area (TPSA) is 70.0 Å². The molecule has 0 spiro atoms. The molecule has 1 aliphatic carbocycles. The fourth-order valence-electron chi connectivity index (χ4n) is 2.76. The Balaban J connectivity index is 1.86. The number of nitrogens with zero attached hydrogens (tertiary/aromatic N) is 1. The summed E-state index contributed by atoms with van der Waals surface area (Å²) < 4.78 is 12.8. The van der Waals surface area contributed by atoms with Crippen LogP contribution in [0.15, 0.2) is 24.3 Å². The first-order valence-electron chi connectivity index (χ1n) is 7.56. The lowest BCUT2D eigenvalue weighted by Gasteiger charge is -2.31. The third-order valence-electron chi connectivity index (χ3n) is 4.05. The average molecular weight is 302 g/mol. The van der Waals surface area contributed by atoms with Gasteiger partial charge in [-0.15, -0.1) is 0 Å². The highest BCUT2D eigenvalue weighted by atomic mass is 19.1. The van der Waals surface area contributed by atoms with Gasteiger partial charge >= 0.3 is 0 Å². The second-order valence-electron chi connectivity index (χ2n) is 5.73. The zero-order valence-electron chi connectivity index (χ0n) is 12.4. The monoisotopic (exact) mass is 302 g/mol. The minimum absolute atomic E-state index is 0.0413. The zero-order valence-corrected chi connectivity index (χ0v) is 12.4. The molecule has 0 bridgehead atoms. The molecule has 0 saturated heterocycles. The summed E-state index contributed by atoms with van der Waals surface area (Å²) in [6, 6.07) is 7.48. The smallest absolute Gasteiger partial charge is 0.221 e. The van der Waals surface area contributed by atoms with E-state index in [4.69, 9.17) is 0 Å². The van der Waals surface area contributed by atoms with Gasteiger partial charge < -0.3 is 5.32 Å². The minimum atomic E-state index is -0.770. The number of Topliss-reactive ketones (excluding diaryl/α,β-unsaturated/α-hetero) is 1. The molecule has 1 aromatic rings. The van der Waals surface area contributed by atoms with Gasteiger partial charge in [-0.1, -0.05) is 19.3 Å². The van der Waals surface area contributed by atoms with E-state index in [0.29, 0.717) is 18.4 Å². The number of halogens is 1. The Bertz CT molecular complexity index is 584. The third kappa shape index (κ3) is 4.14. The summed E-state index contributed by atoms with van der Waals surface area (Å²) in [5, 5.41) is 12.1. The molecule has 1 aliphatic rings. The summed E-state index contributed by atoms with van der Waals surface area (Å²) in [5.74, 6) is -0.883. The van der Waals surface area contributed by atoms with Crippen LogP contribution < -0.4 is 5.32 Å². The van der Waals surface area contributed by atoms with E-state index in [1.54, 1.807) is 0 Å². The molecule has 0 unspecified atom stereocenters. The highest BCUT2D eigenvalue weighted by Crippen LogP contribution is 2.27. The van der Waals surface area contributed by atoms with Gasteiger partial charge in [-0.2, -0.15) is 5.26 Å². The fourth-order valence-corrected chi connectivity index (χ4v) is 2.76. The van der Waals surface area contributed by atoms with Crippen LogP contribution in [0.5, 0.6) is 0 Å². The van der Waals surface area contributed by atoms with Crippen molar-refractivity contribution >= 4 is 11.7 Å². The first-order chi connectivity index (χ1) is 10.5. The minimum Gasteiger partial charge on any atom is -0.338 e. The van der Waals surface area contributed by atoms with E-state index in [1.807, 2.05) is 0 Å². The summed E-state index contributed by atoms with van der Waals surface area (Å²) in [5.41, 5.74) is -0.379. The van der Waals surface area contributed by atoms with Crippen molar-refractivity contribution in [3.8, 4) is 6.07 Å². The number of hydrogen-bond donors (Lipinski definition) is 1. The van der Waals surface area contributed by atoms with E-state index < -0.39 is 11.4 Å². The Hall–Kier alpha value is -2.22. The van der Waals surface area contributed by atoms with Crippen LogP contribution in [0.1, 0.15) is 55.3 Å². The summed E-state index contributed by atoms with van der Waals surface area (Å²) in [4.78, 5) is 23.9. The van der Waals surface area contributed by atoms with Gasteiger partial charge in [0, 0.05) is 18.4 Å². The maximum absolute atomic E-state index is 12.8. The van der Waals surface area contributed by atoms with E-state index in [2.05, 4.69) is 11.4 Å². The molecular formula is C17H19FN2O2. The van der Waals surface area contributed by atoms with E-state index in [9.17, 15) is 19.2 Å². The molecule has 2 rings (SSSR count). The number of carbonyl (C=O) groups excluding carboxylic acids is 2. The van der Waals surface area contributed by atoms with Gasteiger partial charge in [-0.3, -0.25) is 9.59 Å². The molecule has 0 heterocycles. The summed E-state index contributed by atoms with van der Waals surface area (Å²) >= 11 is 0. The molecule has 1 aromatic carbocycles. The predicted octanol–water partition coefficient (Wildman–Crippen LogP) is 3.13. The molecule has 5 heteroatoms. The molecular weight excluding hydrogens is 283 g/mol. The Morgan fingerprint density at radius 1 is 1.14 bits per heavy atom. The first-order valence-corrected chi connectivity index (χ1v) is 7.56. The normalized spacial score (nSPS) is 16.5. The van der Waals surface area contributed by atoms with Crippen molar-refractivity contribution in [3.05, 3.63) is 35.6 Å². The van der Waals surface area contributed by atoms with Gasteiger partial charge in [0.05, 0.1) is 6.07 Å². The van der Waals surface area contributed by atoms with Gasteiger partial charge in [0.15, 0.2) is 5.78 Å². The molecule has 1 N–H and O–H groups in total. The first kappa shape index (κ1) is 16.2. The standard InChI is InChI=1S/C17H19FN2O2/c18-14-6-4-13(5-7-14)15(21)8-9-16(22)20-17(12-19)10-2-1-3-11-17/h4-7H,1-3,8-11H2,(H,20,22). The summed E-state index contributed by atoms with van der Waals surface area (Å²) in [7, 11) is 0. The van der Waals surface area contributed by atoms with Crippen molar-refractivity contribution in [1.29, 1.82) is 5.26 Å². The van der Waals surface area contributed by atoms with Crippen LogP contribution in [0.25, 0.3) is 0 Å². The zero-order chi connectivity index (χ0) is 16.0. The number of carbonyl (C=O) groups is 2. The van der Waals surface area contributed by atoms with Crippen LogP contribution in [0.4, 0.5) is 4.39 Å². The van der Waals surface area contributed by atoms with Crippen molar-refractivity contribution in [3.63, 3.8) is 0 Å². The van der Waals surface area contributed by atoms with Gasteiger partial charge in [0.25, 0.3) is 0 Å². The molecule has 1 saturated carbocycles. The lowest BCUT2D eigenvalue weighted by Crippen LogP contribution is -2.48. The Kier molecular flexibility index (Phi) is 5.26. The molecule has 0 radical (unpaired) electrons. The maximum Gasteiger partial charge on any atom is 0.221 e. The second-order valence-corrected chi connectivity index (χ2v) is 5.73. The molecule has 4 nitrogen and oxygen atoms in total. The predicted molar refractivity (Wildman–Crippen MR) is 79.5 cm³/mol. The largest absolute Gasteiger partial charge is 0.338 e. The van der Waals surface area contributed by atoms with Gasteiger partial charge in [-0.05, 0) is 37.1 Å². The van der Waals surface area contributed by atoms with Crippen molar-refractivity contribution in [2.75, 3.05) is 0 Å². The summed E-state index contributed by atoms with van der Waals surface area (Å²) in [6.45, 7) is 0. The maximum atomic E-state index is 12.8. The Morgan fingerprint density at radius 2 is 1.77 bits per heavy atom. The Labute approximate surface area is 129 Å². The van der Waals surface area contributed by atoms with Crippen molar-refractivity contribution < 1.29 is 14.0 Å². The number of benzene rings is 1. The molecule has 1 amide bonds.